The summed E-state index contributed by atoms with van der Waals surface area (Å²) in [5, 5.41) is 10.9. The molecule has 2 aromatic heterocycles. The van der Waals surface area contributed by atoms with Crippen LogP contribution in [-0.2, 0) is 5.54 Å². The first-order valence-corrected chi connectivity index (χ1v) is 12.5. The molecule has 0 aliphatic carbocycles. The Morgan fingerprint density at radius 1 is 1.36 bits per heavy atom. The Kier molecular flexibility index (Phi) is 6.01. The summed E-state index contributed by atoms with van der Waals surface area (Å²) in [6.07, 6.45) is 13.1. The van der Waals surface area contributed by atoms with Gasteiger partial charge in [-0.15, -0.1) is 34.4 Å². The molecule has 148 valence electrons. The number of hydrogen-bond acceptors (Lipinski definition) is 7. The Hall–Kier alpha value is -1.48. The molecule has 5 nitrogen and oxygen atoms in total. The Labute approximate surface area is 178 Å². The van der Waals surface area contributed by atoms with Crippen molar-refractivity contribution in [2.45, 2.75) is 35.4 Å². The largest absolute Gasteiger partial charge is 0.383 e. The van der Waals surface area contributed by atoms with Crippen molar-refractivity contribution in [3.63, 3.8) is 0 Å². The molecule has 0 radical (unpaired) electrons. The third-order valence-corrected chi connectivity index (χ3v) is 8.63. The van der Waals surface area contributed by atoms with Crippen LogP contribution < -0.4 is 5.73 Å². The average Bonchev–Trinajstić information content (AvgIpc) is 3.46. The molecule has 1 fully saturated rings. The second-order valence-electron chi connectivity index (χ2n) is 7.18. The Morgan fingerprint density at radius 3 is 2.86 bits per heavy atom. The summed E-state index contributed by atoms with van der Waals surface area (Å²) >= 11 is 4.92. The zero-order chi connectivity index (χ0) is 19.6. The smallest absolute Gasteiger partial charge is 0.133 e. The fourth-order valence-electron chi connectivity index (χ4n) is 3.75. The highest BCUT2D eigenvalue weighted by Gasteiger charge is 2.34. The lowest BCUT2D eigenvalue weighted by Gasteiger charge is -2.30. The molecule has 28 heavy (non-hydrogen) atoms. The van der Waals surface area contributed by atoms with E-state index >= 15 is 0 Å². The van der Waals surface area contributed by atoms with Gasteiger partial charge in [-0.2, -0.15) is 0 Å². The van der Waals surface area contributed by atoms with Gasteiger partial charge in [-0.25, -0.2) is 4.98 Å². The summed E-state index contributed by atoms with van der Waals surface area (Å²) in [6, 6.07) is 1.99. The lowest BCUT2D eigenvalue weighted by atomic mass is 9.96. The normalized spacial score (nSPS) is 22.2. The number of thioether (sulfide) groups is 1. The molecule has 1 saturated heterocycles. The fourth-order valence-corrected chi connectivity index (χ4v) is 6.47. The average molecular weight is 432 g/mol. The molecule has 1 unspecified atom stereocenters. The van der Waals surface area contributed by atoms with Crippen LogP contribution in [0.1, 0.15) is 35.6 Å². The van der Waals surface area contributed by atoms with Crippen LogP contribution in [0.25, 0.3) is 11.3 Å². The highest BCUT2D eigenvalue weighted by molar-refractivity contribution is 8.00. The van der Waals surface area contributed by atoms with Crippen LogP contribution in [0.4, 0.5) is 0 Å². The minimum atomic E-state index is -0.334. The molecule has 0 amide bonds. The van der Waals surface area contributed by atoms with Crippen molar-refractivity contribution < 1.29 is 0 Å². The van der Waals surface area contributed by atoms with E-state index in [0.29, 0.717) is 0 Å². The van der Waals surface area contributed by atoms with Gasteiger partial charge in [-0.3, -0.25) is 10.4 Å². The Bertz CT molecular complexity index is 893. The highest BCUT2D eigenvalue weighted by atomic mass is 32.2. The predicted molar refractivity (Wildman–Crippen MR) is 122 cm³/mol. The quantitative estimate of drug-likeness (QED) is 0.382. The van der Waals surface area contributed by atoms with Crippen LogP contribution in [0.5, 0.6) is 0 Å². The lowest BCUT2D eigenvalue weighted by molar-refractivity contribution is 0.213. The second-order valence-corrected chi connectivity index (χ2v) is 10.2. The molecule has 2 aliphatic heterocycles. The molecule has 0 aromatic carbocycles. The van der Waals surface area contributed by atoms with Crippen molar-refractivity contribution in [2.75, 3.05) is 25.9 Å². The number of likely N-dealkylation sites (tertiary alicyclic amines) is 1. The Balaban J connectivity index is 1.58. The van der Waals surface area contributed by atoms with Gasteiger partial charge in [0.25, 0.3) is 0 Å². The first kappa shape index (κ1) is 19.8. The molecular weight excluding hydrogens is 406 g/mol. The van der Waals surface area contributed by atoms with Crippen LogP contribution in [0.15, 0.2) is 32.8 Å². The lowest BCUT2D eigenvalue weighted by Crippen LogP contribution is -2.34. The number of thiazole rings is 1. The number of aromatic nitrogens is 1. The maximum Gasteiger partial charge on any atom is 0.133 e. The number of amidine groups is 1. The van der Waals surface area contributed by atoms with Crippen LogP contribution in [0.3, 0.4) is 0 Å². The highest BCUT2D eigenvalue weighted by Crippen LogP contribution is 2.42. The van der Waals surface area contributed by atoms with Gasteiger partial charge >= 0.3 is 0 Å². The monoisotopic (exact) mass is 431 g/mol. The third-order valence-electron chi connectivity index (χ3n) is 5.32. The van der Waals surface area contributed by atoms with E-state index in [-0.39, 0.29) is 11.4 Å². The summed E-state index contributed by atoms with van der Waals surface area (Å²) in [7, 11) is 0. The molecule has 0 bridgehead atoms. The minimum absolute atomic E-state index is 0.114. The summed E-state index contributed by atoms with van der Waals surface area (Å²) in [6.45, 7) is 3.46. The zero-order valence-corrected chi connectivity index (χ0v) is 18.4. The molecule has 1 atom stereocenters. The minimum Gasteiger partial charge on any atom is -0.383 e. The van der Waals surface area contributed by atoms with Crippen LogP contribution >= 0.6 is 34.4 Å². The zero-order valence-electron chi connectivity index (χ0n) is 16.0. The first-order chi connectivity index (χ1) is 13.6. The van der Waals surface area contributed by atoms with Gasteiger partial charge in [-0.05, 0) is 56.8 Å². The maximum absolute atomic E-state index is 7.74. The number of piperidine rings is 1. The molecule has 2 aliphatic rings. The number of rotatable bonds is 7. The second kappa shape index (κ2) is 8.49. The van der Waals surface area contributed by atoms with Gasteiger partial charge in [0, 0.05) is 23.7 Å². The summed E-state index contributed by atoms with van der Waals surface area (Å²) in [5.41, 5.74) is 7.40. The van der Waals surface area contributed by atoms with Crippen LogP contribution in [0, 0.1) is 5.41 Å². The molecule has 0 spiro atoms. The van der Waals surface area contributed by atoms with E-state index in [9.17, 15) is 0 Å². The van der Waals surface area contributed by atoms with E-state index in [4.69, 9.17) is 21.1 Å². The number of nitrogen functional groups attached to an aromatic ring is 1. The topological polar surface area (TPSA) is 78.4 Å². The fraction of sp³-hybridized carbons (Fsp3) is 0.450. The summed E-state index contributed by atoms with van der Waals surface area (Å²) in [5.74, 6) is 0.114. The molecule has 2 aromatic rings. The van der Waals surface area contributed by atoms with E-state index in [1.165, 1.54) is 32.4 Å². The first-order valence-electron chi connectivity index (χ1n) is 9.55. The van der Waals surface area contributed by atoms with Gasteiger partial charge in [0.1, 0.15) is 16.4 Å². The van der Waals surface area contributed by atoms with Crippen molar-refractivity contribution >= 4 is 46.5 Å². The standard InChI is InChI=1S/C20H25N5S3/c1-26-18-14(12-16(28-18)17(21)22)15-13-27-19(24-15)20(6-5-8-23-20)7-11-25-9-3-2-4-10-25/h5-6,8,12-13H,2-4,7,9-11H2,1H3,(H3,21,22). The SMILES string of the molecule is CSc1sc(C(=N)N)cc1-c1csc(C2(CCN3CCCCC3)C=CC=N2)n1. The van der Waals surface area contributed by atoms with Crippen molar-refractivity contribution in [3.8, 4) is 11.3 Å². The van der Waals surface area contributed by atoms with Gasteiger partial charge in [0.05, 0.1) is 14.8 Å². The maximum atomic E-state index is 7.74. The molecule has 8 heteroatoms. The van der Waals surface area contributed by atoms with Gasteiger partial charge < -0.3 is 10.6 Å². The van der Waals surface area contributed by atoms with E-state index in [0.717, 1.165) is 38.3 Å². The van der Waals surface area contributed by atoms with Crippen molar-refractivity contribution in [3.05, 3.63) is 33.5 Å². The van der Waals surface area contributed by atoms with Crippen LogP contribution in [-0.4, -0.2) is 47.8 Å². The molecule has 0 saturated carbocycles. The van der Waals surface area contributed by atoms with E-state index in [1.807, 2.05) is 18.4 Å². The van der Waals surface area contributed by atoms with Gasteiger partial charge in [0.2, 0.25) is 0 Å². The van der Waals surface area contributed by atoms with E-state index in [1.54, 1.807) is 34.4 Å². The summed E-state index contributed by atoms with van der Waals surface area (Å²) < 4.78 is 1.15. The number of aliphatic imine (C=N–C) groups is 1. The number of allylic oxidation sites excluding steroid dienone is 1. The van der Waals surface area contributed by atoms with E-state index in [2.05, 4.69) is 22.6 Å². The predicted octanol–water partition coefficient (Wildman–Crippen LogP) is 4.59. The van der Waals surface area contributed by atoms with E-state index < -0.39 is 0 Å². The molecule has 4 heterocycles. The van der Waals surface area contributed by atoms with Gasteiger partial charge in [-0.1, -0.05) is 6.42 Å². The van der Waals surface area contributed by atoms with Crippen LogP contribution in [0.2, 0.25) is 0 Å². The van der Waals surface area contributed by atoms with Crippen molar-refractivity contribution in [1.29, 1.82) is 5.41 Å². The van der Waals surface area contributed by atoms with Crippen molar-refractivity contribution in [1.82, 2.24) is 9.88 Å². The third kappa shape index (κ3) is 3.96. The Morgan fingerprint density at radius 2 is 2.18 bits per heavy atom. The molecule has 4 rings (SSSR count). The number of hydrogen-bond donors (Lipinski definition) is 2. The number of nitrogens with two attached hydrogens (primary N) is 1. The number of nitrogens with zero attached hydrogens (tertiary/aromatic N) is 3. The summed E-state index contributed by atoms with van der Waals surface area (Å²) in [4.78, 5) is 13.2. The number of thiophene rings is 1. The molecular formula is C20H25N5S3. The number of nitrogens with one attached hydrogen (secondary N) is 1. The van der Waals surface area contributed by atoms with Gasteiger partial charge in [0.15, 0.2) is 0 Å². The molecule has 3 N–H and O–H groups in total. The van der Waals surface area contributed by atoms with Crippen molar-refractivity contribution in [2.24, 2.45) is 10.7 Å².